The van der Waals surface area contributed by atoms with Gasteiger partial charge < -0.3 is 9.13 Å². The maximum Gasteiger partial charge on any atom is 0.208 e. The molecule has 0 amide bonds. The van der Waals surface area contributed by atoms with Crippen LogP contribution < -0.4 is 0 Å². The summed E-state index contributed by atoms with van der Waals surface area (Å²) in [6.45, 7) is 0. The number of fused-ring (bicyclic) bond motifs is 8. The molecule has 260 valence electrons. The van der Waals surface area contributed by atoms with E-state index in [-0.39, 0.29) is 26.7 Å². The number of benzene rings is 8. The molecule has 5 nitrogen and oxygen atoms in total. The van der Waals surface area contributed by atoms with Crippen LogP contribution in [0.25, 0.3) is 77.2 Å². The van der Waals surface area contributed by atoms with Crippen molar-refractivity contribution >= 4 is 59.2 Å². The van der Waals surface area contributed by atoms with Crippen molar-refractivity contribution in [2.75, 3.05) is 0 Å². The summed E-state index contributed by atoms with van der Waals surface area (Å²) in [6, 6.07) is 60.0. The first-order chi connectivity index (χ1) is 27.0. The molecule has 3 heterocycles. The molecule has 10 aromatic rings. The molecule has 55 heavy (non-hydrogen) atoms. The lowest BCUT2D eigenvalue weighted by Gasteiger charge is -2.21. The van der Waals surface area contributed by atoms with Crippen molar-refractivity contribution in [1.29, 1.82) is 0 Å². The van der Waals surface area contributed by atoms with Crippen molar-refractivity contribution < 1.29 is 13.2 Å². The van der Waals surface area contributed by atoms with E-state index in [4.69, 9.17) is 0 Å². The smallest absolute Gasteiger partial charge is 0.208 e. The van der Waals surface area contributed by atoms with E-state index in [2.05, 4.69) is 106 Å². The van der Waals surface area contributed by atoms with Crippen LogP contribution in [0.2, 0.25) is 0 Å². The van der Waals surface area contributed by atoms with Crippen LogP contribution in [-0.4, -0.2) is 23.3 Å². The van der Waals surface area contributed by atoms with Crippen LogP contribution in [0.15, 0.2) is 192 Å². The Labute approximate surface area is 316 Å². The fourth-order valence-electron chi connectivity index (χ4n) is 8.56. The maximum absolute atomic E-state index is 14.4. The Bertz CT molecular complexity index is 3050. The van der Waals surface area contributed by atoms with E-state index in [9.17, 15) is 13.2 Å². The summed E-state index contributed by atoms with van der Waals surface area (Å²) in [5.74, 6) is -0.305. The third kappa shape index (κ3) is 4.65. The van der Waals surface area contributed by atoms with Gasteiger partial charge >= 0.3 is 0 Å². The van der Waals surface area contributed by atoms with Crippen molar-refractivity contribution in [2.24, 2.45) is 0 Å². The number of ketones is 1. The summed E-state index contributed by atoms with van der Waals surface area (Å²) in [5, 5.41) is 4.68. The Kier molecular flexibility index (Phi) is 6.72. The molecule has 0 bridgehead atoms. The van der Waals surface area contributed by atoms with Crippen LogP contribution in [0.5, 0.6) is 0 Å². The molecule has 0 saturated carbocycles. The zero-order chi connectivity index (χ0) is 36.8. The Hall–Kier alpha value is -7.02. The van der Waals surface area contributed by atoms with Crippen LogP contribution in [-0.2, 0) is 9.84 Å². The molecule has 11 rings (SSSR count). The van der Waals surface area contributed by atoms with E-state index in [0.29, 0.717) is 0 Å². The van der Waals surface area contributed by atoms with Crippen LogP contribution >= 0.6 is 0 Å². The SMILES string of the molecule is O=C1c2cc(-c3cccc(-n4c5ccccc5c5ccccc54)c3)ccc2S(=O)(=O)c2ccc(-c3cccc(-n4c5ccccc5c5ccccc54)c3)cc21. The molecule has 1 aliphatic rings. The van der Waals surface area contributed by atoms with Crippen LogP contribution in [0.4, 0.5) is 0 Å². The molecule has 0 radical (unpaired) electrons. The van der Waals surface area contributed by atoms with Gasteiger partial charge in [-0.1, -0.05) is 109 Å². The summed E-state index contributed by atoms with van der Waals surface area (Å²) in [5.41, 5.74) is 10.0. The van der Waals surface area contributed by atoms with Gasteiger partial charge in [-0.15, -0.1) is 0 Å². The van der Waals surface area contributed by atoms with Crippen molar-refractivity contribution in [3.05, 3.63) is 193 Å². The Morgan fingerprint density at radius 2 is 0.691 bits per heavy atom. The quantitative estimate of drug-likeness (QED) is 0.181. The number of rotatable bonds is 4. The van der Waals surface area contributed by atoms with Gasteiger partial charge in [-0.25, -0.2) is 8.42 Å². The highest BCUT2D eigenvalue weighted by Crippen LogP contribution is 2.40. The van der Waals surface area contributed by atoms with E-state index in [0.717, 1.165) is 55.7 Å². The third-order valence-corrected chi connectivity index (χ3v) is 12.9. The van der Waals surface area contributed by atoms with Gasteiger partial charge in [0, 0.05) is 44.0 Å². The van der Waals surface area contributed by atoms with Gasteiger partial charge in [-0.05, 0) is 95.1 Å². The third-order valence-electron chi connectivity index (χ3n) is 11.1. The highest BCUT2D eigenvalue weighted by atomic mass is 32.2. The van der Waals surface area contributed by atoms with Crippen LogP contribution in [0.1, 0.15) is 15.9 Å². The molecule has 0 saturated heterocycles. The molecule has 0 unspecified atom stereocenters. The number of nitrogens with zero attached hydrogens (tertiary/aromatic N) is 2. The molecule has 0 fully saturated rings. The standard InChI is InChI=1S/C49H30N2O3S/c52-49-41-29-33(31-11-9-13-35(27-31)50-43-19-5-1-15-37(43)38-16-2-6-20-44(38)50)23-25-47(41)55(53,54)48-26-24-34(30-42(48)49)32-12-10-14-36(28-32)51-45-21-7-3-17-39(45)40-18-4-8-22-46(40)51/h1-30H. The van der Waals surface area contributed by atoms with Crippen LogP contribution in [0, 0.1) is 0 Å². The summed E-state index contributed by atoms with van der Waals surface area (Å²) >= 11 is 0. The predicted molar refractivity (Wildman–Crippen MR) is 221 cm³/mol. The lowest BCUT2D eigenvalue weighted by molar-refractivity contribution is 0.103. The van der Waals surface area contributed by atoms with Crippen molar-refractivity contribution in [3.8, 4) is 33.6 Å². The maximum atomic E-state index is 14.4. The highest BCUT2D eigenvalue weighted by Gasteiger charge is 2.35. The minimum absolute atomic E-state index is 0.0356. The molecule has 8 aromatic carbocycles. The first kappa shape index (κ1) is 31.5. The van der Waals surface area contributed by atoms with Gasteiger partial charge in [0.05, 0.1) is 31.9 Å². The molecule has 0 N–H and O–H groups in total. The summed E-state index contributed by atoms with van der Waals surface area (Å²) in [7, 11) is -3.95. The monoisotopic (exact) mass is 726 g/mol. The molecular weight excluding hydrogens is 697 g/mol. The van der Waals surface area contributed by atoms with E-state index >= 15 is 0 Å². The zero-order valence-electron chi connectivity index (χ0n) is 29.3. The molecule has 0 aliphatic carbocycles. The van der Waals surface area contributed by atoms with Gasteiger partial charge in [-0.2, -0.15) is 0 Å². The number of aromatic nitrogens is 2. The van der Waals surface area contributed by atoms with Crippen LogP contribution in [0.3, 0.4) is 0 Å². The van der Waals surface area contributed by atoms with Gasteiger partial charge in [0.1, 0.15) is 0 Å². The largest absolute Gasteiger partial charge is 0.309 e. The van der Waals surface area contributed by atoms with Crippen molar-refractivity contribution in [1.82, 2.24) is 9.13 Å². The molecule has 1 aliphatic heterocycles. The number of para-hydroxylation sites is 4. The molecular formula is C49H30N2O3S. The van der Waals surface area contributed by atoms with Gasteiger partial charge in [-0.3, -0.25) is 4.79 Å². The van der Waals surface area contributed by atoms with Gasteiger partial charge in [0.15, 0.2) is 5.78 Å². The fraction of sp³-hybridized carbons (Fsp3) is 0. The molecule has 0 spiro atoms. The number of carbonyl (C=O) groups is 1. The minimum atomic E-state index is -3.95. The first-order valence-electron chi connectivity index (χ1n) is 18.2. The normalized spacial score (nSPS) is 13.4. The predicted octanol–water partition coefficient (Wildman–Crippen LogP) is 11.6. The molecule has 6 heteroatoms. The Morgan fingerprint density at radius 1 is 0.345 bits per heavy atom. The number of hydrogen-bond acceptors (Lipinski definition) is 3. The fourth-order valence-corrected chi connectivity index (χ4v) is 10.2. The average molecular weight is 727 g/mol. The summed E-state index contributed by atoms with van der Waals surface area (Å²) in [4.78, 5) is 14.5. The van der Waals surface area contributed by atoms with Crippen molar-refractivity contribution in [3.63, 3.8) is 0 Å². The van der Waals surface area contributed by atoms with E-state index < -0.39 is 9.84 Å². The second-order valence-electron chi connectivity index (χ2n) is 14.1. The summed E-state index contributed by atoms with van der Waals surface area (Å²) < 4.78 is 32.7. The Balaban J connectivity index is 0.999. The second-order valence-corrected chi connectivity index (χ2v) is 16.0. The number of carbonyl (C=O) groups excluding carboxylic acids is 1. The number of hydrogen-bond donors (Lipinski definition) is 0. The lowest BCUT2D eigenvalue weighted by atomic mass is 9.95. The zero-order valence-corrected chi connectivity index (χ0v) is 30.2. The van der Waals surface area contributed by atoms with E-state index in [1.807, 2.05) is 48.5 Å². The average Bonchev–Trinajstić information content (AvgIpc) is 3.76. The van der Waals surface area contributed by atoms with E-state index in [1.54, 1.807) is 36.4 Å². The topological polar surface area (TPSA) is 61.1 Å². The second kappa shape index (κ2) is 11.7. The van der Waals surface area contributed by atoms with Crippen molar-refractivity contribution in [2.45, 2.75) is 9.79 Å². The Morgan fingerprint density at radius 3 is 1.07 bits per heavy atom. The highest BCUT2D eigenvalue weighted by molar-refractivity contribution is 7.91. The number of sulfone groups is 1. The minimum Gasteiger partial charge on any atom is -0.309 e. The van der Waals surface area contributed by atoms with E-state index in [1.165, 1.54) is 21.5 Å². The van der Waals surface area contributed by atoms with Gasteiger partial charge in [0.25, 0.3) is 0 Å². The molecule has 2 aromatic heterocycles. The molecule has 0 atom stereocenters. The summed E-state index contributed by atoms with van der Waals surface area (Å²) in [6.07, 6.45) is 0. The first-order valence-corrected chi connectivity index (χ1v) is 19.7. The van der Waals surface area contributed by atoms with Gasteiger partial charge in [0.2, 0.25) is 9.84 Å². The lowest BCUT2D eigenvalue weighted by Crippen LogP contribution is -2.20.